The molecule has 0 saturated heterocycles. The second kappa shape index (κ2) is 5.06. The Morgan fingerprint density at radius 1 is 1.41 bits per heavy atom. The van der Waals surface area contributed by atoms with Gasteiger partial charge in [-0.3, -0.25) is 0 Å². The van der Waals surface area contributed by atoms with E-state index in [1.807, 2.05) is 18.5 Å². The zero-order valence-corrected chi connectivity index (χ0v) is 11.0. The Hall–Kier alpha value is -1.07. The summed E-state index contributed by atoms with van der Waals surface area (Å²) in [6.07, 6.45) is 0. The van der Waals surface area contributed by atoms with Crippen molar-refractivity contribution >= 4 is 23.4 Å². The molecule has 1 aromatic carbocycles. The summed E-state index contributed by atoms with van der Waals surface area (Å²) in [6, 6.07) is 4.69. The first-order valence-electron chi connectivity index (χ1n) is 5.00. The number of nitrogens with zero attached hydrogens (tertiary/aromatic N) is 3. The highest BCUT2D eigenvalue weighted by Crippen LogP contribution is 2.24. The molecule has 0 atom stereocenters. The number of hydrogen-bond donors (Lipinski definition) is 0. The number of halogens is 2. The van der Waals surface area contributed by atoms with Crippen molar-refractivity contribution in [2.45, 2.75) is 17.8 Å². The van der Waals surface area contributed by atoms with E-state index in [1.165, 1.54) is 17.8 Å². The van der Waals surface area contributed by atoms with Gasteiger partial charge in [0, 0.05) is 17.8 Å². The van der Waals surface area contributed by atoms with E-state index in [4.69, 9.17) is 11.6 Å². The van der Waals surface area contributed by atoms with Crippen LogP contribution in [0, 0.1) is 12.7 Å². The van der Waals surface area contributed by atoms with Gasteiger partial charge in [-0.2, -0.15) is 0 Å². The van der Waals surface area contributed by atoms with Gasteiger partial charge in [-0.25, -0.2) is 4.39 Å². The van der Waals surface area contributed by atoms with Crippen LogP contribution in [0.5, 0.6) is 0 Å². The molecule has 6 heteroatoms. The highest BCUT2D eigenvalue weighted by molar-refractivity contribution is 7.98. The standard InChI is InChI=1S/C11H11ClFN3S/c1-7-14-15-11(16(7)2)17-6-8-3-4-9(12)5-10(8)13/h3-5H,6H2,1-2H3. The molecule has 0 spiro atoms. The third-order valence-corrected chi connectivity index (χ3v) is 3.73. The second-order valence-corrected chi connectivity index (χ2v) is 4.99. The number of aromatic nitrogens is 3. The van der Waals surface area contributed by atoms with E-state index in [1.54, 1.807) is 12.1 Å². The summed E-state index contributed by atoms with van der Waals surface area (Å²) in [7, 11) is 1.88. The average molecular weight is 272 g/mol. The molecule has 17 heavy (non-hydrogen) atoms. The van der Waals surface area contributed by atoms with E-state index in [2.05, 4.69) is 10.2 Å². The van der Waals surface area contributed by atoms with Crippen LogP contribution in [0.2, 0.25) is 5.02 Å². The van der Waals surface area contributed by atoms with Crippen molar-refractivity contribution in [3.63, 3.8) is 0 Å². The first-order chi connectivity index (χ1) is 8.08. The van der Waals surface area contributed by atoms with Crippen LogP contribution >= 0.6 is 23.4 Å². The minimum atomic E-state index is -0.288. The van der Waals surface area contributed by atoms with E-state index in [-0.39, 0.29) is 5.82 Å². The molecule has 2 rings (SSSR count). The Labute approximate surface area is 108 Å². The molecule has 0 unspecified atom stereocenters. The lowest BCUT2D eigenvalue weighted by Gasteiger charge is -2.03. The van der Waals surface area contributed by atoms with Gasteiger partial charge in [0.05, 0.1) is 0 Å². The maximum absolute atomic E-state index is 13.5. The topological polar surface area (TPSA) is 30.7 Å². The maximum Gasteiger partial charge on any atom is 0.191 e. The van der Waals surface area contributed by atoms with Crippen LogP contribution in [0.3, 0.4) is 0 Å². The predicted molar refractivity (Wildman–Crippen MR) is 66.7 cm³/mol. The minimum absolute atomic E-state index is 0.288. The first-order valence-corrected chi connectivity index (χ1v) is 6.37. The molecule has 0 aliphatic heterocycles. The normalized spacial score (nSPS) is 10.8. The van der Waals surface area contributed by atoms with Crippen molar-refractivity contribution in [3.8, 4) is 0 Å². The van der Waals surface area contributed by atoms with Crippen molar-refractivity contribution in [1.82, 2.24) is 14.8 Å². The van der Waals surface area contributed by atoms with Crippen LogP contribution in [0.4, 0.5) is 4.39 Å². The van der Waals surface area contributed by atoms with Gasteiger partial charge < -0.3 is 4.57 Å². The second-order valence-electron chi connectivity index (χ2n) is 3.61. The van der Waals surface area contributed by atoms with Gasteiger partial charge in [-0.15, -0.1) is 10.2 Å². The maximum atomic E-state index is 13.5. The lowest BCUT2D eigenvalue weighted by atomic mass is 10.2. The molecule has 0 saturated carbocycles. The number of rotatable bonds is 3. The van der Waals surface area contributed by atoms with E-state index in [0.29, 0.717) is 16.3 Å². The molecule has 2 aromatic rings. The first kappa shape index (κ1) is 12.4. The number of aryl methyl sites for hydroxylation is 1. The molecule has 0 fully saturated rings. The summed E-state index contributed by atoms with van der Waals surface area (Å²) in [5.41, 5.74) is 0.611. The number of thioether (sulfide) groups is 1. The smallest absolute Gasteiger partial charge is 0.191 e. The largest absolute Gasteiger partial charge is 0.309 e. The number of hydrogen-bond acceptors (Lipinski definition) is 3. The van der Waals surface area contributed by atoms with Crippen LogP contribution < -0.4 is 0 Å². The highest BCUT2D eigenvalue weighted by atomic mass is 35.5. The lowest BCUT2D eigenvalue weighted by molar-refractivity contribution is 0.617. The zero-order chi connectivity index (χ0) is 12.4. The van der Waals surface area contributed by atoms with Crippen molar-refractivity contribution in [2.75, 3.05) is 0 Å². The molecule has 1 heterocycles. The van der Waals surface area contributed by atoms with Crippen LogP contribution in [0.1, 0.15) is 11.4 Å². The van der Waals surface area contributed by atoms with E-state index >= 15 is 0 Å². The average Bonchev–Trinajstić information content (AvgIpc) is 2.59. The quantitative estimate of drug-likeness (QED) is 0.803. The van der Waals surface area contributed by atoms with E-state index in [0.717, 1.165) is 11.0 Å². The summed E-state index contributed by atoms with van der Waals surface area (Å²) in [5.74, 6) is 1.06. The third-order valence-electron chi connectivity index (χ3n) is 2.42. The van der Waals surface area contributed by atoms with E-state index in [9.17, 15) is 4.39 Å². The molecule has 1 aromatic heterocycles. The molecule has 3 nitrogen and oxygen atoms in total. The van der Waals surface area contributed by atoms with Crippen LogP contribution in [0.15, 0.2) is 23.4 Å². The van der Waals surface area contributed by atoms with Crippen molar-refractivity contribution < 1.29 is 4.39 Å². The molecule has 0 aliphatic carbocycles. The van der Waals surface area contributed by atoms with E-state index < -0.39 is 0 Å². The van der Waals surface area contributed by atoms with Gasteiger partial charge in [-0.1, -0.05) is 29.4 Å². The molecular formula is C11H11ClFN3S. The van der Waals surface area contributed by atoms with Gasteiger partial charge in [0.25, 0.3) is 0 Å². The molecule has 0 N–H and O–H groups in total. The molecule has 0 bridgehead atoms. The molecule has 0 amide bonds. The summed E-state index contributed by atoms with van der Waals surface area (Å²) < 4.78 is 15.4. The minimum Gasteiger partial charge on any atom is -0.309 e. The van der Waals surface area contributed by atoms with Crippen molar-refractivity contribution in [3.05, 3.63) is 40.4 Å². The zero-order valence-electron chi connectivity index (χ0n) is 9.44. The molecule has 90 valence electrons. The van der Waals surface area contributed by atoms with Gasteiger partial charge >= 0.3 is 0 Å². The predicted octanol–water partition coefficient (Wildman–Crippen LogP) is 3.21. The Balaban J connectivity index is 2.10. The lowest BCUT2D eigenvalue weighted by Crippen LogP contribution is -1.94. The Kier molecular flexibility index (Phi) is 3.69. The summed E-state index contributed by atoms with van der Waals surface area (Å²) >= 11 is 7.14. The summed E-state index contributed by atoms with van der Waals surface area (Å²) in [5, 5.41) is 9.13. The molecule has 0 aliphatic rings. The monoisotopic (exact) mass is 271 g/mol. The fourth-order valence-electron chi connectivity index (χ4n) is 1.29. The Morgan fingerprint density at radius 2 is 2.18 bits per heavy atom. The van der Waals surface area contributed by atoms with Gasteiger partial charge in [0.2, 0.25) is 0 Å². The van der Waals surface area contributed by atoms with Crippen LogP contribution in [-0.2, 0) is 12.8 Å². The number of benzene rings is 1. The Morgan fingerprint density at radius 3 is 2.76 bits per heavy atom. The highest BCUT2D eigenvalue weighted by Gasteiger charge is 2.08. The molecule has 0 radical (unpaired) electrons. The molecular weight excluding hydrogens is 261 g/mol. The van der Waals surface area contributed by atoms with Gasteiger partial charge in [0.1, 0.15) is 11.6 Å². The fraction of sp³-hybridized carbons (Fsp3) is 0.273. The van der Waals surface area contributed by atoms with Crippen molar-refractivity contribution in [1.29, 1.82) is 0 Å². The van der Waals surface area contributed by atoms with Crippen LogP contribution in [0.25, 0.3) is 0 Å². The summed E-state index contributed by atoms with van der Waals surface area (Å²) in [6.45, 7) is 1.87. The SMILES string of the molecule is Cc1nnc(SCc2ccc(Cl)cc2F)n1C. The van der Waals surface area contributed by atoms with Gasteiger partial charge in [0.15, 0.2) is 5.16 Å². The van der Waals surface area contributed by atoms with Gasteiger partial charge in [-0.05, 0) is 24.6 Å². The fourth-order valence-corrected chi connectivity index (χ4v) is 2.40. The Bertz CT molecular complexity index is 542. The summed E-state index contributed by atoms with van der Waals surface area (Å²) in [4.78, 5) is 0. The van der Waals surface area contributed by atoms with Crippen LogP contribution in [-0.4, -0.2) is 14.8 Å². The third kappa shape index (κ3) is 2.79. The van der Waals surface area contributed by atoms with Crippen molar-refractivity contribution in [2.24, 2.45) is 7.05 Å².